The van der Waals surface area contributed by atoms with Gasteiger partial charge >= 0.3 is 0 Å². The summed E-state index contributed by atoms with van der Waals surface area (Å²) in [6.07, 6.45) is 5.60. The quantitative estimate of drug-likeness (QED) is 0.641. The summed E-state index contributed by atoms with van der Waals surface area (Å²) >= 11 is 0. The smallest absolute Gasteiger partial charge is 0.250 e. The maximum absolute atomic E-state index is 12.4. The molecule has 1 fully saturated rings. The Morgan fingerprint density at radius 2 is 1.29 bits per heavy atom. The van der Waals surface area contributed by atoms with Crippen molar-refractivity contribution in [2.45, 2.75) is 72.1 Å². The summed E-state index contributed by atoms with van der Waals surface area (Å²) in [6, 6.07) is 0. The molecule has 0 amide bonds. The van der Waals surface area contributed by atoms with Crippen molar-refractivity contribution in [1.29, 1.82) is 0 Å². The Bertz CT molecular complexity index is 135. The first kappa shape index (κ1) is 19.2. The Balaban J connectivity index is 0. The maximum Gasteiger partial charge on any atom is 0.250 e. The van der Waals surface area contributed by atoms with Crippen LogP contribution in [0.2, 0.25) is 0 Å². The molecule has 0 N–H and O–H groups in total. The molecule has 0 atom stereocenters. The van der Waals surface area contributed by atoms with Crippen LogP contribution >= 0.6 is 0 Å². The summed E-state index contributed by atoms with van der Waals surface area (Å²) in [7, 11) is 1.87. The number of unbranched alkanes of at least 4 members (excludes halogenated alkanes) is 3. The molecule has 1 aliphatic rings. The van der Waals surface area contributed by atoms with Crippen molar-refractivity contribution in [2.24, 2.45) is 0 Å². The van der Waals surface area contributed by atoms with Gasteiger partial charge in [0.05, 0.1) is 0 Å². The van der Waals surface area contributed by atoms with Crippen LogP contribution in [-0.4, -0.2) is 31.0 Å². The van der Waals surface area contributed by atoms with Gasteiger partial charge < -0.3 is 4.90 Å². The lowest BCUT2D eigenvalue weighted by Gasteiger charge is -2.28. The highest BCUT2D eigenvalue weighted by atomic mass is 19.3. The molecular weight excluding hydrogens is 220 g/mol. The average Bonchev–Trinajstić information content (AvgIpc) is 2.34. The van der Waals surface area contributed by atoms with Crippen LogP contribution in [0.3, 0.4) is 0 Å². The molecule has 0 saturated carbocycles. The van der Waals surface area contributed by atoms with Crippen molar-refractivity contribution < 1.29 is 8.78 Å². The minimum absolute atomic E-state index is 0.0312. The van der Waals surface area contributed by atoms with E-state index in [0.29, 0.717) is 13.1 Å². The summed E-state index contributed by atoms with van der Waals surface area (Å²) in [5, 5.41) is 0. The van der Waals surface area contributed by atoms with Gasteiger partial charge in [-0.15, -0.1) is 0 Å². The molecule has 0 spiro atoms. The first-order valence-electron chi connectivity index (χ1n) is 7.08. The molecule has 1 aliphatic heterocycles. The number of piperidine rings is 1. The number of rotatable bonds is 3. The molecule has 0 aromatic heterocycles. The summed E-state index contributed by atoms with van der Waals surface area (Å²) in [6.45, 7) is 9.53. The second-order valence-electron chi connectivity index (χ2n) is 4.37. The van der Waals surface area contributed by atoms with Crippen LogP contribution in [0.15, 0.2) is 0 Å². The van der Waals surface area contributed by atoms with Crippen LogP contribution < -0.4 is 0 Å². The SMILES string of the molecule is CC.CCCCCC.CN1CCC(F)(F)CC1. The monoisotopic (exact) mass is 251 g/mol. The van der Waals surface area contributed by atoms with Crippen molar-refractivity contribution in [3.8, 4) is 0 Å². The first-order chi connectivity index (χ1) is 8.02. The fourth-order valence-electron chi connectivity index (χ4n) is 1.45. The second kappa shape index (κ2) is 12.3. The molecule has 1 heterocycles. The van der Waals surface area contributed by atoms with Gasteiger partial charge in [-0.05, 0) is 7.05 Å². The zero-order valence-electron chi connectivity index (χ0n) is 12.4. The molecule has 0 bridgehead atoms. The second-order valence-corrected chi connectivity index (χ2v) is 4.37. The van der Waals surface area contributed by atoms with Gasteiger partial charge in [-0.1, -0.05) is 53.4 Å². The molecule has 0 aliphatic carbocycles. The van der Waals surface area contributed by atoms with Gasteiger partial charge in [-0.2, -0.15) is 0 Å². The van der Waals surface area contributed by atoms with E-state index in [2.05, 4.69) is 13.8 Å². The highest BCUT2D eigenvalue weighted by molar-refractivity contribution is 4.75. The van der Waals surface area contributed by atoms with Gasteiger partial charge in [0, 0.05) is 25.9 Å². The normalized spacial score (nSPS) is 18.5. The molecule has 1 rings (SSSR count). The lowest BCUT2D eigenvalue weighted by atomic mass is 10.1. The molecule has 17 heavy (non-hydrogen) atoms. The van der Waals surface area contributed by atoms with Gasteiger partial charge in [-0.25, -0.2) is 8.78 Å². The van der Waals surface area contributed by atoms with Crippen LogP contribution in [-0.2, 0) is 0 Å². The molecule has 0 aromatic carbocycles. The van der Waals surface area contributed by atoms with Gasteiger partial charge in [0.25, 0.3) is 5.92 Å². The Hall–Kier alpha value is -0.180. The number of hydrogen-bond acceptors (Lipinski definition) is 1. The predicted octanol–water partition coefficient (Wildman–Crippen LogP) is 4.96. The van der Waals surface area contributed by atoms with Crippen molar-refractivity contribution in [2.75, 3.05) is 20.1 Å². The first-order valence-corrected chi connectivity index (χ1v) is 7.08. The molecule has 0 radical (unpaired) electrons. The lowest BCUT2D eigenvalue weighted by molar-refractivity contribution is -0.0504. The van der Waals surface area contributed by atoms with E-state index in [0.717, 1.165) is 0 Å². The highest BCUT2D eigenvalue weighted by Gasteiger charge is 2.32. The highest BCUT2D eigenvalue weighted by Crippen LogP contribution is 2.26. The van der Waals surface area contributed by atoms with Crippen molar-refractivity contribution in [3.05, 3.63) is 0 Å². The number of hydrogen-bond donors (Lipinski definition) is 0. The molecular formula is C14H31F2N. The molecule has 106 valence electrons. The minimum Gasteiger partial charge on any atom is -0.306 e. The number of likely N-dealkylation sites (tertiary alicyclic amines) is 1. The van der Waals surface area contributed by atoms with Crippen LogP contribution in [0, 0.1) is 0 Å². The largest absolute Gasteiger partial charge is 0.306 e. The fourth-order valence-corrected chi connectivity index (χ4v) is 1.45. The zero-order valence-corrected chi connectivity index (χ0v) is 12.4. The predicted molar refractivity (Wildman–Crippen MR) is 72.8 cm³/mol. The van der Waals surface area contributed by atoms with E-state index >= 15 is 0 Å². The number of nitrogens with zero attached hydrogens (tertiary/aromatic N) is 1. The summed E-state index contributed by atoms with van der Waals surface area (Å²) in [5.41, 5.74) is 0. The van der Waals surface area contributed by atoms with Crippen LogP contribution in [0.1, 0.15) is 66.2 Å². The van der Waals surface area contributed by atoms with Gasteiger partial charge in [0.2, 0.25) is 0 Å². The molecule has 0 unspecified atom stereocenters. The Morgan fingerprint density at radius 1 is 0.941 bits per heavy atom. The van der Waals surface area contributed by atoms with Crippen LogP contribution in [0.25, 0.3) is 0 Å². The van der Waals surface area contributed by atoms with E-state index in [-0.39, 0.29) is 12.8 Å². The maximum atomic E-state index is 12.4. The van der Waals surface area contributed by atoms with E-state index in [4.69, 9.17) is 0 Å². The Kier molecular flexibility index (Phi) is 13.8. The van der Waals surface area contributed by atoms with Crippen LogP contribution in [0.4, 0.5) is 8.78 Å². The van der Waals surface area contributed by atoms with Crippen molar-refractivity contribution in [1.82, 2.24) is 4.90 Å². The summed E-state index contributed by atoms with van der Waals surface area (Å²) in [5.74, 6) is -2.38. The number of halogens is 2. The van der Waals surface area contributed by atoms with E-state index < -0.39 is 5.92 Å². The van der Waals surface area contributed by atoms with Gasteiger partial charge in [0.15, 0.2) is 0 Å². The minimum atomic E-state index is -2.38. The third-order valence-corrected chi connectivity index (χ3v) is 2.68. The zero-order chi connectivity index (χ0) is 13.7. The van der Waals surface area contributed by atoms with E-state index in [1.807, 2.05) is 25.8 Å². The summed E-state index contributed by atoms with van der Waals surface area (Å²) < 4.78 is 24.7. The van der Waals surface area contributed by atoms with Gasteiger partial charge in [-0.3, -0.25) is 0 Å². The third kappa shape index (κ3) is 13.8. The van der Waals surface area contributed by atoms with Crippen molar-refractivity contribution in [3.63, 3.8) is 0 Å². The molecule has 0 aromatic rings. The van der Waals surface area contributed by atoms with E-state index in [1.165, 1.54) is 25.7 Å². The van der Waals surface area contributed by atoms with E-state index in [9.17, 15) is 8.78 Å². The molecule has 1 nitrogen and oxygen atoms in total. The molecule has 1 saturated heterocycles. The fraction of sp³-hybridized carbons (Fsp3) is 1.00. The third-order valence-electron chi connectivity index (χ3n) is 2.68. The standard InChI is InChI=1S/C6H11F2N.C6H14.C2H6/c1-9-4-2-6(7,8)3-5-9;1-3-5-6-4-2;1-2/h2-5H2,1H3;3-6H2,1-2H3;1-2H3. The van der Waals surface area contributed by atoms with E-state index in [1.54, 1.807) is 0 Å². The Morgan fingerprint density at radius 3 is 1.53 bits per heavy atom. The van der Waals surface area contributed by atoms with Gasteiger partial charge in [0.1, 0.15) is 0 Å². The number of alkyl halides is 2. The Labute approximate surface area is 107 Å². The lowest BCUT2D eigenvalue weighted by Crippen LogP contribution is -2.36. The molecule has 3 heteroatoms. The van der Waals surface area contributed by atoms with Crippen molar-refractivity contribution >= 4 is 0 Å². The van der Waals surface area contributed by atoms with Crippen LogP contribution in [0.5, 0.6) is 0 Å². The topological polar surface area (TPSA) is 3.24 Å². The summed E-state index contributed by atoms with van der Waals surface area (Å²) in [4.78, 5) is 1.93. The average molecular weight is 251 g/mol.